The Labute approximate surface area is 173 Å². The van der Waals surface area contributed by atoms with E-state index in [4.69, 9.17) is 12.2 Å². The summed E-state index contributed by atoms with van der Waals surface area (Å²) in [5.41, 5.74) is 2.67. The highest BCUT2D eigenvalue weighted by molar-refractivity contribution is 7.71. The summed E-state index contributed by atoms with van der Waals surface area (Å²) in [4.78, 5) is 18.2. The van der Waals surface area contributed by atoms with Gasteiger partial charge in [0.2, 0.25) is 5.91 Å². The minimum Gasteiger partial charge on any atom is -0.339 e. The zero-order valence-corrected chi connectivity index (χ0v) is 17.4. The molecule has 3 aromatic rings. The molecule has 1 fully saturated rings. The summed E-state index contributed by atoms with van der Waals surface area (Å²) in [7, 11) is 0. The fourth-order valence-corrected chi connectivity index (χ4v) is 4.40. The van der Waals surface area contributed by atoms with Crippen molar-refractivity contribution in [3.63, 3.8) is 0 Å². The minimum absolute atomic E-state index is 0.0887. The normalized spacial score (nSPS) is 15.1. The summed E-state index contributed by atoms with van der Waals surface area (Å²) in [6.07, 6.45) is 0. The van der Waals surface area contributed by atoms with Crippen molar-refractivity contribution in [2.75, 3.05) is 26.2 Å². The maximum atomic E-state index is 12.9. The van der Waals surface area contributed by atoms with Gasteiger partial charge >= 0.3 is 0 Å². The number of amides is 1. The number of H-pyrrole nitrogens is 1. The summed E-state index contributed by atoms with van der Waals surface area (Å²) in [6, 6.07) is 12.4. The van der Waals surface area contributed by atoms with Crippen LogP contribution in [0, 0.1) is 11.7 Å². The number of piperazine rings is 1. The van der Waals surface area contributed by atoms with Crippen LogP contribution in [0.2, 0.25) is 0 Å². The standard InChI is InChI=1S/C20H23N5OS2/c1-15-5-2-3-6-16(15)13-23-8-10-24(11-9-23)18(26)14-25-19(21-22-20(25)27)17-7-4-12-28-17/h2-7,12H,8-11,13-14H2,1H3,(H,22,27). The van der Waals surface area contributed by atoms with E-state index in [1.54, 1.807) is 15.9 Å². The number of aromatic amines is 1. The Morgan fingerprint density at radius 3 is 2.68 bits per heavy atom. The lowest BCUT2D eigenvalue weighted by Crippen LogP contribution is -2.49. The highest BCUT2D eigenvalue weighted by Gasteiger charge is 2.23. The number of aromatic nitrogens is 3. The van der Waals surface area contributed by atoms with Gasteiger partial charge in [0.05, 0.1) is 4.88 Å². The van der Waals surface area contributed by atoms with Crippen LogP contribution in [0.4, 0.5) is 0 Å². The summed E-state index contributed by atoms with van der Waals surface area (Å²) >= 11 is 6.93. The first-order valence-corrected chi connectivity index (χ1v) is 10.6. The third kappa shape index (κ3) is 4.09. The number of rotatable bonds is 5. The van der Waals surface area contributed by atoms with Crippen molar-refractivity contribution in [2.24, 2.45) is 0 Å². The van der Waals surface area contributed by atoms with E-state index in [-0.39, 0.29) is 12.5 Å². The molecule has 2 aromatic heterocycles. The van der Waals surface area contributed by atoms with Crippen LogP contribution in [0.15, 0.2) is 41.8 Å². The van der Waals surface area contributed by atoms with Crippen molar-refractivity contribution >= 4 is 29.5 Å². The molecular weight excluding hydrogens is 390 g/mol. The van der Waals surface area contributed by atoms with Gasteiger partial charge in [0.25, 0.3) is 0 Å². The molecule has 1 N–H and O–H groups in total. The molecule has 0 unspecified atom stereocenters. The van der Waals surface area contributed by atoms with Crippen LogP contribution in [0.1, 0.15) is 11.1 Å². The first-order chi connectivity index (χ1) is 13.6. The number of benzene rings is 1. The number of carbonyl (C=O) groups excluding carboxylic acids is 1. The summed E-state index contributed by atoms with van der Waals surface area (Å²) < 4.78 is 2.28. The van der Waals surface area contributed by atoms with Crippen LogP contribution in [-0.2, 0) is 17.9 Å². The summed E-state index contributed by atoms with van der Waals surface area (Å²) in [5.74, 6) is 0.817. The van der Waals surface area contributed by atoms with E-state index >= 15 is 0 Å². The second-order valence-electron chi connectivity index (χ2n) is 7.00. The molecule has 4 rings (SSSR count). The van der Waals surface area contributed by atoms with E-state index in [1.807, 2.05) is 22.4 Å². The first-order valence-electron chi connectivity index (χ1n) is 9.35. The molecule has 3 heterocycles. The van der Waals surface area contributed by atoms with Crippen LogP contribution in [0.25, 0.3) is 10.7 Å². The molecule has 1 aliphatic rings. The van der Waals surface area contributed by atoms with Crippen molar-refractivity contribution in [1.82, 2.24) is 24.6 Å². The molecule has 0 saturated carbocycles. The van der Waals surface area contributed by atoms with E-state index in [0.717, 1.165) is 43.4 Å². The van der Waals surface area contributed by atoms with Gasteiger partial charge in [0.1, 0.15) is 6.54 Å². The van der Waals surface area contributed by atoms with Crippen molar-refractivity contribution in [3.05, 3.63) is 57.7 Å². The van der Waals surface area contributed by atoms with Gasteiger partial charge in [-0.2, -0.15) is 5.10 Å². The van der Waals surface area contributed by atoms with E-state index < -0.39 is 0 Å². The molecule has 0 spiro atoms. The van der Waals surface area contributed by atoms with Gasteiger partial charge in [-0.15, -0.1) is 11.3 Å². The Morgan fingerprint density at radius 2 is 1.96 bits per heavy atom. The Kier molecular flexibility index (Phi) is 5.70. The molecule has 8 heteroatoms. The van der Waals surface area contributed by atoms with Crippen molar-refractivity contribution < 1.29 is 4.79 Å². The lowest BCUT2D eigenvalue weighted by molar-refractivity contribution is -0.133. The minimum atomic E-state index is 0.0887. The molecule has 1 aromatic carbocycles. The fraction of sp³-hybridized carbons (Fsp3) is 0.350. The number of carbonyl (C=O) groups is 1. The largest absolute Gasteiger partial charge is 0.339 e. The van der Waals surface area contributed by atoms with Crippen LogP contribution in [-0.4, -0.2) is 56.7 Å². The van der Waals surface area contributed by atoms with Gasteiger partial charge in [0.15, 0.2) is 10.6 Å². The number of nitrogens with zero attached hydrogens (tertiary/aromatic N) is 4. The first kappa shape index (κ1) is 19.0. The number of hydrogen-bond donors (Lipinski definition) is 1. The maximum Gasteiger partial charge on any atom is 0.242 e. The molecule has 1 amide bonds. The molecule has 0 atom stereocenters. The number of thiophene rings is 1. The molecular formula is C20H23N5OS2. The third-order valence-electron chi connectivity index (χ3n) is 5.17. The molecule has 146 valence electrons. The molecule has 0 radical (unpaired) electrons. The van der Waals surface area contributed by atoms with Crippen LogP contribution in [0.5, 0.6) is 0 Å². The van der Waals surface area contributed by atoms with Crippen LogP contribution >= 0.6 is 23.6 Å². The quantitative estimate of drug-likeness (QED) is 0.652. The molecule has 6 nitrogen and oxygen atoms in total. The van der Waals surface area contributed by atoms with Crippen molar-refractivity contribution in [1.29, 1.82) is 0 Å². The summed E-state index contributed by atoms with van der Waals surface area (Å²) in [6.45, 7) is 6.55. The average molecular weight is 414 g/mol. The Hall–Kier alpha value is -2.29. The highest BCUT2D eigenvalue weighted by atomic mass is 32.1. The van der Waals surface area contributed by atoms with Crippen molar-refractivity contribution in [2.45, 2.75) is 20.0 Å². The Bertz CT molecular complexity index is 1000. The number of nitrogens with one attached hydrogen (secondary N) is 1. The van der Waals surface area contributed by atoms with Crippen LogP contribution < -0.4 is 0 Å². The van der Waals surface area contributed by atoms with E-state index in [9.17, 15) is 4.79 Å². The predicted octanol–water partition coefficient (Wildman–Crippen LogP) is 3.32. The van der Waals surface area contributed by atoms with Crippen molar-refractivity contribution in [3.8, 4) is 10.7 Å². The highest BCUT2D eigenvalue weighted by Crippen LogP contribution is 2.23. The molecule has 0 aliphatic carbocycles. The third-order valence-corrected chi connectivity index (χ3v) is 6.35. The molecule has 1 aliphatic heterocycles. The monoisotopic (exact) mass is 413 g/mol. The lowest BCUT2D eigenvalue weighted by atomic mass is 10.1. The van der Waals surface area contributed by atoms with Gasteiger partial charge in [-0.3, -0.25) is 19.4 Å². The Morgan fingerprint density at radius 1 is 1.18 bits per heavy atom. The van der Waals surface area contributed by atoms with Crippen LogP contribution in [0.3, 0.4) is 0 Å². The second-order valence-corrected chi connectivity index (χ2v) is 8.33. The number of aryl methyl sites for hydroxylation is 1. The topological polar surface area (TPSA) is 57.2 Å². The van der Waals surface area contributed by atoms with E-state index in [1.165, 1.54) is 11.1 Å². The van der Waals surface area contributed by atoms with Gasteiger partial charge in [-0.25, -0.2) is 0 Å². The van der Waals surface area contributed by atoms with E-state index in [0.29, 0.717) is 4.77 Å². The lowest BCUT2D eigenvalue weighted by Gasteiger charge is -2.35. The SMILES string of the molecule is Cc1ccccc1CN1CCN(C(=O)Cn2c(-c3cccs3)n[nH]c2=S)CC1. The van der Waals surface area contributed by atoms with Gasteiger partial charge in [0, 0.05) is 32.7 Å². The summed E-state index contributed by atoms with van der Waals surface area (Å²) in [5, 5.41) is 9.11. The Balaban J connectivity index is 1.37. The zero-order valence-electron chi connectivity index (χ0n) is 15.8. The maximum absolute atomic E-state index is 12.9. The average Bonchev–Trinajstić information content (AvgIpc) is 3.35. The zero-order chi connectivity index (χ0) is 19.5. The van der Waals surface area contributed by atoms with E-state index in [2.05, 4.69) is 46.3 Å². The van der Waals surface area contributed by atoms with Gasteiger partial charge < -0.3 is 4.90 Å². The molecule has 28 heavy (non-hydrogen) atoms. The van der Waals surface area contributed by atoms with Gasteiger partial charge in [-0.05, 0) is 41.7 Å². The second kappa shape index (κ2) is 8.38. The molecule has 1 saturated heterocycles. The number of hydrogen-bond acceptors (Lipinski definition) is 5. The fourth-order valence-electron chi connectivity index (χ4n) is 3.48. The smallest absolute Gasteiger partial charge is 0.242 e. The van der Waals surface area contributed by atoms with Gasteiger partial charge in [-0.1, -0.05) is 30.3 Å². The predicted molar refractivity (Wildman–Crippen MR) is 114 cm³/mol. The molecule has 0 bridgehead atoms.